The minimum Gasteiger partial charge on any atom is -0.469 e. The van der Waals surface area contributed by atoms with Crippen molar-refractivity contribution in [3.05, 3.63) is 34.1 Å². The van der Waals surface area contributed by atoms with Gasteiger partial charge in [0, 0.05) is 31.2 Å². The van der Waals surface area contributed by atoms with Crippen LogP contribution >= 0.6 is 15.9 Å². The van der Waals surface area contributed by atoms with Crippen LogP contribution in [0.1, 0.15) is 18.9 Å². The molecular weight excluding hydrogens is 389 g/mol. The van der Waals surface area contributed by atoms with Crippen molar-refractivity contribution in [1.82, 2.24) is 10.2 Å². The standard InChI is InChI=1S/C18H25BrFN3O2/c1-12-10-23(11-15(12)17(24)25-3)18(21-2)22-8-4-5-13-6-7-14(19)9-16(13)20/h6-7,9,12,15H,4-5,8,10-11H2,1-3H3,(H,21,22). The van der Waals surface area contributed by atoms with Gasteiger partial charge in [0.1, 0.15) is 5.82 Å². The Hall–Kier alpha value is -1.63. The molecule has 0 amide bonds. The van der Waals surface area contributed by atoms with Crippen LogP contribution in [0.15, 0.2) is 27.7 Å². The van der Waals surface area contributed by atoms with E-state index in [1.54, 1.807) is 13.1 Å². The van der Waals surface area contributed by atoms with E-state index >= 15 is 0 Å². The van der Waals surface area contributed by atoms with Crippen LogP contribution in [0.5, 0.6) is 0 Å². The Labute approximate surface area is 156 Å². The Morgan fingerprint density at radius 3 is 2.88 bits per heavy atom. The minimum absolute atomic E-state index is 0.125. The molecule has 0 spiro atoms. The van der Waals surface area contributed by atoms with E-state index in [0.29, 0.717) is 25.1 Å². The number of nitrogens with one attached hydrogen (secondary N) is 1. The molecule has 138 valence electrons. The van der Waals surface area contributed by atoms with Crippen molar-refractivity contribution in [3.63, 3.8) is 0 Å². The SMILES string of the molecule is CN=C(NCCCc1ccc(Br)cc1F)N1CC(C)C(C(=O)OC)C1. The van der Waals surface area contributed by atoms with Crippen LogP contribution in [0, 0.1) is 17.7 Å². The van der Waals surface area contributed by atoms with Gasteiger partial charge in [0.25, 0.3) is 0 Å². The van der Waals surface area contributed by atoms with E-state index in [2.05, 4.69) is 31.1 Å². The van der Waals surface area contributed by atoms with E-state index < -0.39 is 0 Å². The van der Waals surface area contributed by atoms with Crippen molar-refractivity contribution < 1.29 is 13.9 Å². The van der Waals surface area contributed by atoms with Crippen LogP contribution in [0.3, 0.4) is 0 Å². The first-order chi connectivity index (χ1) is 12.0. The number of nitrogens with zero attached hydrogens (tertiary/aromatic N) is 2. The number of likely N-dealkylation sites (tertiary alicyclic amines) is 1. The van der Waals surface area contributed by atoms with Gasteiger partial charge in [0.15, 0.2) is 5.96 Å². The summed E-state index contributed by atoms with van der Waals surface area (Å²) in [5.41, 5.74) is 0.709. The third-order valence-electron chi connectivity index (χ3n) is 4.55. The second-order valence-electron chi connectivity index (χ2n) is 6.33. The molecule has 1 aromatic carbocycles. The van der Waals surface area contributed by atoms with Gasteiger partial charge in [-0.3, -0.25) is 9.79 Å². The van der Waals surface area contributed by atoms with Crippen LogP contribution in [0.2, 0.25) is 0 Å². The Kier molecular flexibility index (Phi) is 7.23. The Balaban J connectivity index is 1.82. The third kappa shape index (κ3) is 5.17. The summed E-state index contributed by atoms with van der Waals surface area (Å²) in [4.78, 5) is 18.2. The number of rotatable bonds is 5. The molecule has 0 aromatic heterocycles. The quantitative estimate of drug-likeness (QED) is 0.349. The first kappa shape index (κ1) is 19.7. The number of esters is 1. The first-order valence-electron chi connectivity index (χ1n) is 8.43. The molecule has 7 heteroatoms. The lowest BCUT2D eigenvalue weighted by atomic mass is 9.99. The zero-order valence-electron chi connectivity index (χ0n) is 14.9. The summed E-state index contributed by atoms with van der Waals surface area (Å²) in [5, 5.41) is 3.30. The lowest BCUT2D eigenvalue weighted by Crippen LogP contribution is -2.41. The normalized spacial score (nSPS) is 20.7. The predicted molar refractivity (Wildman–Crippen MR) is 100 cm³/mol. The fourth-order valence-electron chi connectivity index (χ4n) is 3.13. The lowest BCUT2D eigenvalue weighted by molar-refractivity contribution is -0.145. The molecule has 2 rings (SSSR count). The number of carbonyl (C=O) groups excluding carboxylic acids is 1. The van der Waals surface area contributed by atoms with Crippen molar-refractivity contribution in [2.75, 3.05) is 33.8 Å². The van der Waals surface area contributed by atoms with E-state index in [4.69, 9.17) is 4.74 Å². The van der Waals surface area contributed by atoms with Gasteiger partial charge in [-0.2, -0.15) is 0 Å². The zero-order chi connectivity index (χ0) is 18.4. The Morgan fingerprint density at radius 2 is 2.24 bits per heavy atom. The molecule has 0 aliphatic carbocycles. The summed E-state index contributed by atoms with van der Waals surface area (Å²) in [6.45, 7) is 4.11. The van der Waals surface area contributed by atoms with Gasteiger partial charge in [0.05, 0.1) is 13.0 Å². The monoisotopic (exact) mass is 413 g/mol. The van der Waals surface area contributed by atoms with E-state index in [9.17, 15) is 9.18 Å². The minimum atomic E-state index is -0.187. The van der Waals surface area contributed by atoms with E-state index in [-0.39, 0.29) is 23.6 Å². The number of hydrogen-bond donors (Lipinski definition) is 1. The molecule has 1 aliphatic rings. The molecule has 0 radical (unpaired) electrons. The fraction of sp³-hybridized carbons (Fsp3) is 0.556. The summed E-state index contributed by atoms with van der Waals surface area (Å²) in [6.07, 6.45) is 1.45. The summed E-state index contributed by atoms with van der Waals surface area (Å²) >= 11 is 3.26. The van der Waals surface area contributed by atoms with Gasteiger partial charge < -0.3 is 15.0 Å². The van der Waals surface area contributed by atoms with Crippen LogP contribution in [0.25, 0.3) is 0 Å². The van der Waals surface area contributed by atoms with E-state index in [1.807, 2.05) is 13.0 Å². The van der Waals surface area contributed by atoms with Gasteiger partial charge in [-0.15, -0.1) is 0 Å². The molecule has 1 N–H and O–H groups in total. The highest BCUT2D eigenvalue weighted by atomic mass is 79.9. The molecular formula is C18H25BrFN3O2. The van der Waals surface area contributed by atoms with Crippen molar-refractivity contribution >= 4 is 27.9 Å². The fourth-order valence-corrected chi connectivity index (χ4v) is 3.47. The number of guanidine groups is 1. The van der Waals surface area contributed by atoms with Crippen molar-refractivity contribution in [1.29, 1.82) is 0 Å². The highest BCUT2D eigenvalue weighted by molar-refractivity contribution is 9.10. The zero-order valence-corrected chi connectivity index (χ0v) is 16.5. The summed E-state index contributed by atoms with van der Waals surface area (Å²) < 4.78 is 19.4. The number of benzene rings is 1. The van der Waals surface area contributed by atoms with Crippen molar-refractivity contribution in [3.8, 4) is 0 Å². The number of halogens is 2. The first-order valence-corrected chi connectivity index (χ1v) is 9.23. The molecule has 1 aromatic rings. The second-order valence-corrected chi connectivity index (χ2v) is 7.24. The Bertz CT molecular complexity index is 639. The molecule has 1 aliphatic heterocycles. The summed E-state index contributed by atoms with van der Waals surface area (Å²) in [5.74, 6) is 0.516. The number of carbonyl (C=O) groups is 1. The smallest absolute Gasteiger partial charge is 0.310 e. The molecule has 0 bridgehead atoms. The summed E-state index contributed by atoms with van der Waals surface area (Å²) in [7, 11) is 3.15. The van der Waals surface area contributed by atoms with Crippen LogP contribution < -0.4 is 5.32 Å². The maximum absolute atomic E-state index is 13.8. The lowest BCUT2D eigenvalue weighted by Gasteiger charge is -2.21. The van der Waals surface area contributed by atoms with Gasteiger partial charge in [-0.25, -0.2) is 4.39 Å². The van der Waals surface area contributed by atoms with Crippen LogP contribution in [-0.4, -0.2) is 50.6 Å². The van der Waals surface area contributed by atoms with Crippen molar-refractivity contribution in [2.45, 2.75) is 19.8 Å². The van der Waals surface area contributed by atoms with Crippen molar-refractivity contribution in [2.24, 2.45) is 16.8 Å². The molecule has 0 saturated carbocycles. The molecule has 1 heterocycles. The Morgan fingerprint density at radius 1 is 1.48 bits per heavy atom. The maximum Gasteiger partial charge on any atom is 0.310 e. The number of methoxy groups -OCH3 is 1. The van der Waals surface area contributed by atoms with Gasteiger partial charge >= 0.3 is 5.97 Å². The number of aliphatic imine (C=N–C) groups is 1. The largest absolute Gasteiger partial charge is 0.469 e. The molecule has 1 fully saturated rings. The van der Waals surface area contributed by atoms with Crippen LogP contribution in [-0.2, 0) is 16.0 Å². The molecule has 5 nitrogen and oxygen atoms in total. The molecule has 2 atom stereocenters. The summed E-state index contributed by atoms with van der Waals surface area (Å²) in [6, 6.07) is 5.14. The van der Waals surface area contributed by atoms with E-state index in [1.165, 1.54) is 13.2 Å². The number of hydrogen-bond acceptors (Lipinski definition) is 3. The third-order valence-corrected chi connectivity index (χ3v) is 5.04. The average molecular weight is 414 g/mol. The topological polar surface area (TPSA) is 53.9 Å². The molecule has 25 heavy (non-hydrogen) atoms. The number of aryl methyl sites for hydroxylation is 1. The van der Waals surface area contributed by atoms with Gasteiger partial charge in [0.2, 0.25) is 0 Å². The maximum atomic E-state index is 13.8. The molecule has 1 saturated heterocycles. The van der Waals surface area contributed by atoms with Crippen LogP contribution in [0.4, 0.5) is 4.39 Å². The predicted octanol–water partition coefficient (Wildman–Crippen LogP) is 2.84. The van der Waals surface area contributed by atoms with Gasteiger partial charge in [-0.05, 0) is 36.5 Å². The average Bonchev–Trinajstić information content (AvgIpc) is 2.97. The highest BCUT2D eigenvalue weighted by Crippen LogP contribution is 2.24. The van der Waals surface area contributed by atoms with E-state index in [0.717, 1.165) is 23.4 Å². The van der Waals surface area contributed by atoms with Gasteiger partial charge in [-0.1, -0.05) is 28.9 Å². The molecule has 2 unspecified atom stereocenters. The highest BCUT2D eigenvalue weighted by Gasteiger charge is 2.36. The second kappa shape index (κ2) is 9.17. The number of ether oxygens (including phenoxy) is 1.